The van der Waals surface area contributed by atoms with Gasteiger partial charge in [0.05, 0.1) is 25.3 Å². The highest BCUT2D eigenvalue weighted by Gasteiger charge is 2.48. The Labute approximate surface area is 174 Å². The number of nitrogens with zero attached hydrogens (tertiary/aromatic N) is 6. The Hall–Kier alpha value is -1.69. The average Bonchev–Trinajstić information content (AvgIpc) is 3.36. The van der Waals surface area contributed by atoms with E-state index in [-0.39, 0.29) is 5.44 Å². The third kappa shape index (κ3) is 4.00. The summed E-state index contributed by atoms with van der Waals surface area (Å²) in [4.78, 5) is 4.43. The van der Waals surface area contributed by atoms with Crippen LogP contribution in [0.5, 0.6) is 0 Å². The van der Waals surface area contributed by atoms with Crippen molar-refractivity contribution in [2.75, 3.05) is 6.54 Å². The predicted molar refractivity (Wildman–Crippen MR) is 110 cm³/mol. The molecule has 3 aliphatic heterocycles. The number of hydrazone groups is 1. The van der Waals surface area contributed by atoms with Crippen LogP contribution in [0.2, 0.25) is 0 Å². The Morgan fingerprint density at radius 3 is 2.76 bits per heavy atom. The van der Waals surface area contributed by atoms with E-state index in [2.05, 4.69) is 39.6 Å². The number of thioether (sulfide) groups is 1. The van der Waals surface area contributed by atoms with Crippen LogP contribution < -0.4 is 5.32 Å². The molecular weight excluding hydrogens is 394 g/mol. The summed E-state index contributed by atoms with van der Waals surface area (Å²) in [5.74, 6) is 0.420. The van der Waals surface area contributed by atoms with Gasteiger partial charge in [0.25, 0.3) is 0 Å². The summed E-state index contributed by atoms with van der Waals surface area (Å²) in [6.45, 7) is 9.99. The summed E-state index contributed by atoms with van der Waals surface area (Å²) in [7, 11) is 0. The number of aromatic nitrogens is 3. The largest absolute Gasteiger partial charge is 0.388 e. The second kappa shape index (κ2) is 8.21. The molecule has 29 heavy (non-hydrogen) atoms. The normalized spacial score (nSPS) is 36.8. The van der Waals surface area contributed by atoms with Gasteiger partial charge in [-0.25, -0.2) is 4.68 Å². The summed E-state index contributed by atoms with van der Waals surface area (Å²) >= 11 is 1.45. The lowest BCUT2D eigenvalue weighted by Gasteiger charge is -2.38. The molecular formula is C18H29N7O3S. The van der Waals surface area contributed by atoms with E-state index in [1.54, 1.807) is 4.68 Å². The second-order valence-electron chi connectivity index (χ2n) is 7.90. The number of aliphatic hydroxyl groups excluding tert-OH is 2. The van der Waals surface area contributed by atoms with Gasteiger partial charge in [-0.2, -0.15) is 5.10 Å². The maximum Gasteiger partial charge on any atom is 0.159 e. The van der Waals surface area contributed by atoms with Crippen LogP contribution in [0, 0.1) is 5.92 Å². The fraction of sp³-hybridized carbons (Fsp3) is 0.778. The Bertz CT molecular complexity index is 800. The van der Waals surface area contributed by atoms with Crippen molar-refractivity contribution >= 4 is 22.6 Å². The van der Waals surface area contributed by atoms with Gasteiger partial charge in [-0.1, -0.05) is 23.9 Å². The van der Waals surface area contributed by atoms with E-state index < -0.39 is 24.4 Å². The number of nitrogens with one attached hydrogen (secondary N) is 1. The van der Waals surface area contributed by atoms with Gasteiger partial charge in [0, 0.05) is 18.2 Å². The minimum atomic E-state index is -1.04. The third-order valence-corrected chi connectivity index (χ3v) is 7.00. The van der Waals surface area contributed by atoms with Gasteiger partial charge in [-0.3, -0.25) is 10.0 Å². The van der Waals surface area contributed by atoms with E-state index in [9.17, 15) is 10.2 Å². The monoisotopic (exact) mass is 423 g/mol. The van der Waals surface area contributed by atoms with Crippen molar-refractivity contribution < 1.29 is 14.9 Å². The van der Waals surface area contributed by atoms with Crippen molar-refractivity contribution in [1.82, 2.24) is 25.3 Å². The van der Waals surface area contributed by atoms with Crippen molar-refractivity contribution in [2.45, 2.75) is 76.6 Å². The zero-order valence-corrected chi connectivity index (χ0v) is 18.0. The van der Waals surface area contributed by atoms with E-state index in [0.717, 1.165) is 23.1 Å². The highest BCUT2D eigenvalue weighted by atomic mass is 32.2. The molecule has 0 saturated carbocycles. The minimum absolute atomic E-state index is 0.305. The Kier molecular flexibility index (Phi) is 5.83. The van der Waals surface area contributed by atoms with E-state index in [1.807, 2.05) is 25.1 Å². The smallest absolute Gasteiger partial charge is 0.159 e. The summed E-state index contributed by atoms with van der Waals surface area (Å²) in [6, 6.07) is -0.146. The van der Waals surface area contributed by atoms with Crippen LogP contribution in [0.1, 0.15) is 33.4 Å². The lowest BCUT2D eigenvalue weighted by Crippen LogP contribution is -2.55. The molecule has 0 spiro atoms. The van der Waals surface area contributed by atoms with Crippen molar-refractivity contribution in [2.24, 2.45) is 16.0 Å². The van der Waals surface area contributed by atoms with Crippen LogP contribution in [-0.2, 0) is 17.8 Å². The number of hydrogen-bond acceptors (Lipinski definition) is 10. The lowest BCUT2D eigenvalue weighted by atomic mass is 9.98. The molecule has 3 N–H and O–H groups in total. The van der Waals surface area contributed by atoms with Crippen molar-refractivity contribution in [3.8, 4) is 0 Å². The van der Waals surface area contributed by atoms with Crippen LogP contribution in [0.4, 0.5) is 0 Å². The minimum Gasteiger partial charge on any atom is -0.388 e. The summed E-state index contributed by atoms with van der Waals surface area (Å²) in [5, 5.41) is 40.0. The van der Waals surface area contributed by atoms with E-state index in [1.165, 1.54) is 11.8 Å². The molecule has 0 aromatic carbocycles. The van der Waals surface area contributed by atoms with E-state index in [4.69, 9.17) is 4.74 Å². The second-order valence-corrected chi connectivity index (χ2v) is 8.98. The zero-order valence-electron chi connectivity index (χ0n) is 17.1. The fourth-order valence-corrected chi connectivity index (χ4v) is 5.03. The standard InChI is InChI=1S/C18H29N7O3S/c1-5-19-18-20-14-16(27)15(26)13(28-17(14)29-18)8-24-6-12(21-23-24)7-25-11(4)9(2)10(3)22-25/h6,9,11,13-17,26-27H,5,7-8H2,1-4H3,(H,19,20)/t9?,11?,13-,14-,15-,16-,17-/m1/s1. The van der Waals surface area contributed by atoms with Gasteiger partial charge in [0.1, 0.15) is 35.5 Å². The van der Waals surface area contributed by atoms with Crippen molar-refractivity contribution in [3.05, 3.63) is 11.9 Å². The first kappa shape index (κ1) is 20.6. The Morgan fingerprint density at radius 2 is 2.07 bits per heavy atom. The third-order valence-electron chi connectivity index (χ3n) is 5.91. The molecule has 0 amide bonds. The molecule has 0 aliphatic carbocycles. The molecule has 10 nitrogen and oxygen atoms in total. The SMILES string of the molecule is CCNC1=N[C@@H]2[C@@H](O)[C@H](O)[C@@H](Cn3cc(CN4N=C(C)C(C)C4C)nn3)O[C@@H]2S1. The van der Waals surface area contributed by atoms with Gasteiger partial charge in [0.2, 0.25) is 0 Å². The lowest BCUT2D eigenvalue weighted by molar-refractivity contribution is -0.157. The first-order chi connectivity index (χ1) is 13.9. The fourth-order valence-electron chi connectivity index (χ4n) is 3.84. The van der Waals surface area contributed by atoms with Crippen LogP contribution in [0.25, 0.3) is 0 Å². The van der Waals surface area contributed by atoms with Crippen LogP contribution >= 0.6 is 11.8 Å². The molecule has 7 atom stereocenters. The molecule has 4 rings (SSSR count). The van der Waals surface area contributed by atoms with Crippen molar-refractivity contribution in [3.63, 3.8) is 0 Å². The van der Waals surface area contributed by atoms with E-state index >= 15 is 0 Å². The van der Waals surface area contributed by atoms with Gasteiger partial charge >= 0.3 is 0 Å². The molecule has 160 valence electrons. The molecule has 4 heterocycles. The Balaban J connectivity index is 1.38. The van der Waals surface area contributed by atoms with Crippen LogP contribution in [-0.4, -0.2) is 83.5 Å². The van der Waals surface area contributed by atoms with Gasteiger partial charge < -0.3 is 20.3 Å². The number of amidine groups is 1. The quantitative estimate of drug-likeness (QED) is 0.606. The number of hydrogen-bond donors (Lipinski definition) is 3. The number of ether oxygens (including phenoxy) is 1. The average molecular weight is 424 g/mol. The molecule has 1 fully saturated rings. The molecule has 3 aliphatic rings. The zero-order chi connectivity index (χ0) is 20.7. The molecule has 0 radical (unpaired) electrons. The number of rotatable bonds is 5. The summed E-state index contributed by atoms with van der Waals surface area (Å²) in [5.41, 5.74) is 1.61. The first-order valence-corrected chi connectivity index (χ1v) is 11.0. The summed E-state index contributed by atoms with van der Waals surface area (Å²) < 4.78 is 7.69. The van der Waals surface area contributed by atoms with Gasteiger partial charge in [-0.15, -0.1) is 5.10 Å². The number of aliphatic hydroxyl groups is 2. The molecule has 1 saturated heterocycles. The number of fused-ring (bicyclic) bond motifs is 1. The van der Waals surface area contributed by atoms with Crippen LogP contribution in [0.3, 0.4) is 0 Å². The highest BCUT2D eigenvalue weighted by Crippen LogP contribution is 2.36. The number of aliphatic imine (C=N–C) groups is 1. The van der Waals surface area contributed by atoms with Crippen LogP contribution in [0.15, 0.2) is 16.3 Å². The molecule has 2 unspecified atom stereocenters. The predicted octanol–water partition coefficient (Wildman–Crippen LogP) is 0.0218. The highest BCUT2D eigenvalue weighted by molar-refractivity contribution is 8.14. The molecule has 11 heteroatoms. The maximum absolute atomic E-state index is 10.5. The molecule has 1 aromatic heterocycles. The molecule has 1 aromatic rings. The van der Waals surface area contributed by atoms with Gasteiger partial charge in [0.15, 0.2) is 5.17 Å². The summed E-state index contributed by atoms with van der Waals surface area (Å²) in [6.07, 6.45) is -0.761. The van der Waals surface area contributed by atoms with Gasteiger partial charge in [-0.05, 0) is 20.8 Å². The Morgan fingerprint density at radius 1 is 1.28 bits per heavy atom. The first-order valence-electron chi connectivity index (χ1n) is 10.1. The van der Waals surface area contributed by atoms with Crippen molar-refractivity contribution in [1.29, 1.82) is 0 Å². The topological polar surface area (TPSA) is 120 Å². The van der Waals surface area contributed by atoms with E-state index in [0.29, 0.717) is 25.0 Å². The maximum atomic E-state index is 10.5. The molecule has 0 bridgehead atoms.